The monoisotopic (exact) mass is 626 g/mol. The molecule has 0 amide bonds. The van der Waals surface area contributed by atoms with Gasteiger partial charge in [0.1, 0.15) is 0 Å². The Morgan fingerprint density at radius 3 is 1.02 bits per heavy atom. The van der Waals surface area contributed by atoms with Gasteiger partial charge in [-0.1, -0.05) is 184 Å². The molecule has 0 saturated heterocycles. The van der Waals surface area contributed by atoms with Gasteiger partial charge in [0.05, 0.1) is 0 Å². The maximum absolute atomic E-state index is 2.41. The van der Waals surface area contributed by atoms with E-state index in [1.54, 1.807) is 0 Å². The lowest BCUT2D eigenvalue weighted by atomic mass is 9.89. The second-order valence-corrected chi connectivity index (χ2v) is 14.3. The van der Waals surface area contributed by atoms with Crippen LogP contribution < -0.4 is 0 Å². The van der Waals surface area contributed by atoms with E-state index in [0.717, 1.165) is 18.8 Å². The molecule has 0 aliphatic heterocycles. The van der Waals surface area contributed by atoms with E-state index in [0.29, 0.717) is 0 Å². The maximum Gasteiger partial charge on any atom is -0.00248 e. The SMILES string of the molecule is CCCCCC=CCC=CCCCCCCCCC(CCCCCCCC/C=C\C/C=C\CCCCC)CCCCCN(C)C. The lowest BCUT2D eigenvalue weighted by Gasteiger charge is -2.17. The molecule has 0 saturated carbocycles. The van der Waals surface area contributed by atoms with Gasteiger partial charge in [-0.25, -0.2) is 0 Å². The Balaban J connectivity index is 3.88. The van der Waals surface area contributed by atoms with Gasteiger partial charge in [-0.05, 0) is 97.2 Å². The van der Waals surface area contributed by atoms with Crippen molar-refractivity contribution in [3.05, 3.63) is 48.6 Å². The van der Waals surface area contributed by atoms with Crippen molar-refractivity contribution in [2.24, 2.45) is 5.92 Å². The summed E-state index contributed by atoms with van der Waals surface area (Å²) in [7, 11) is 4.42. The first-order valence-electron chi connectivity index (χ1n) is 20.4. The summed E-state index contributed by atoms with van der Waals surface area (Å²) in [4.78, 5) is 2.34. The van der Waals surface area contributed by atoms with Crippen molar-refractivity contribution in [3.8, 4) is 0 Å². The highest BCUT2D eigenvalue weighted by Crippen LogP contribution is 2.24. The second kappa shape index (κ2) is 39.1. The molecule has 1 unspecified atom stereocenters. The quantitative estimate of drug-likeness (QED) is 0.0494. The molecule has 45 heavy (non-hydrogen) atoms. The fraction of sp³-hybridized carbons (Fsp3) is 0.818. The zero-order valence-electron chi connectivity index (χ0n) is 31.6. The van der Waals surface area contributed by atoms with Gasteiger partial charge in [0.2, 0.25) is 0 Å². The Kier molecular flexibility index (Phi) is 38.2. The smallest absolute Gasteiger partial charge is 0.00248 e. The van der Waals surface area contributed by atoms with Crippen LogP contribution in [0.25, 0.3) is 0 Å². The van der Waals surface area contributed by atoms with Gasteiger partial charge < -0.3 is 4.90 Å². The zero-order chi connectivity index (χ0) is 32.7. The Morgan fingerprint density at radius 1 is 0.356 bits per heavy atom. The first kappa shape index (κ1) is 43.9. The molecule has 0 aromatic heterocycles. The molecular formula is C44H83N. The third-order valence-electron chi connectivity index (χ3n) is 9.34. The van der Waals surface area contributed by atoms with Gasteiger partial charge in [-0.15, -0.1) is 0 Å². The van der Waals surface area contributed by atoms with Crippen LogP contribution in [0.1, 0.15) is 206 Å². The van der Waals surface area contributed by atoms with E-state index in [4.69, 9.17) is 0 Å². The molecule has 0 aliphatic carbocycles. The number of allylic oxidation sites excluding steroid dienone is 8. The molecule has 0 heterocycles. The van der Waals surface area contributed by atoms with Gasteiger partial charge in [-0.3, -0.25) is 0 Å². The molecule has 0 bridgehead atoms. The molecule has 1 nitrogen and oxygen atoms in total. The summed E-state index contributed by atoms with van der Waals surface area (Å²) in [6, 6.07) is 0. The van der Waals surface area contributed by atoms with Crippen LogP contribution in [0.4, 0.5) is 0 Å². The number of hydrogen-bond acceptors (Lipinski definition) is 1. The molecule has 0 fully saturated rings. The normalized spacial score (nSPS) is 13.2. The van der Waals surface area contributed by atoms with E-state index < -0.39 is 0 Å². The van der Waals surface area contributed by atoms with Crippen molar-refractivity contribution in [2.45, 2.75) is 206 Å². The molecule has 0 spiro atoms. The fourth-order valence-electron chi connectivity index (χ4n) is 6.31. The van der Waals surface area contributed by atoms with Crippen LogP contribution in [0.3, 0.4) is 0 Å². The van der Waals surface area contributed by atoms with E-state index in [1.807, 2.05) is 0 Å². The van der Waals surface area contributed by atoms with Gasteiger partial charge in [-0.2, -0.15) is 0 Å². The summed E-state index contributed by atoms with van der Waals surface area (Å²) in [6.07, 6.45) is 60.3. The molecular weight excluding hydrogens is 542 g/mol. The summed E-state index contributed by atoms with van der Waals surface area (Å²) >= 11 is 0. The standard InChI is InChI=1S/C44H83N/c1-5-7-9-11-13-15-17-19-21-23-25-27-29-31-33-36-40-44(42-38-35-39-43-45(3)4)41-37-34-32-30-28-26-24-22-20-18-16-14-12-10-8-6-2/h13-16,19-22,44H,5-12,17-18,23-43H2,1-4H3/b15-13-,16-14?,21-19-,22-20?. The predicted molar refractivity (Wildman–Crippen MR) is 208 cm³/mol. The fourth-order valence-corrected chi connectivity index (χ4v) is 6.31. The number of unbranched alkanes of at least 4 members (excludes halogenated alkanes) is 20. The summed E-state index contributed by atoms with van der Waals surface area (Å²) < 4.78 is 0. The van der Waals surface area contributed by atoms with Crippen LogP contribution in [0.2, 0.25) is 0 Å². The molecule has 0 aliphatic rings. The molecule has 0 N–H and O–H groups in total. The molecule has 0 rings (SSSR count). The van der Waals surface area contributed by atoms with Gasteiger partial charge in [0, 0.05) is 0 Å². The molecule has 1 heteroatoms. The van der Waals surface area contributed by atoms with Crippen LogP contribution in [0, 0.1) is 5.92 Å². The molecule has 0 aromatic rings. The third kappa shape index (κ3) is 39.0. The van der Waals surface area contributed by atoms with Crippen molar-refractivity contribution in [1.29, 1.82) is 0 Å². The Morgan fingerprint density at radius 2 is 0.667 bits per heavy atom. The Hall–Kier alpha value is -1.08. The summed E-state index contributed by atoms with van der Waals surface area (Å²) in [5, 5.41) is 0. The highest BCUT2D eigenvalue weighted by Gasteiger charge is 2.09. The first-order valence-corrected chi connectivity index (χ1v) is 20.4. The number of nitrogens with zero attached hydrogens (tertiary/aromatic N) is 1. The van der Waals surface area contributed by atoms with E-state index in [-0.39, 0.29) is 0 Å². The maximum atomic E-state index is 2.41. The minimum atomic E-state index is 0.987. The van der Waals surface area contributed by atoms with Gasteiger partial charge >= 0.3 is 0 Å². The van der Waals surface area contributed by atoms with E-state index in [2.05, 4.69) is 81.5 Å². The Bertz CT molecular complexity index is 606. The van der Waals surface area contributed by atoms with E-state index in [1.165, 1.54) is 186 Å². The molecule has 0 radical (unpaired) electrons. The topological polar surface area (TPSA) is 3.24 Å². The lowest BCUT2D eigenvalue weighted by molar-refractivity contribution is 0.352. The van der Waals surface area contributed by atoms with Crippen molar-refractivity contribution in [2.75, 3.05) is 20.6 Å². The van der Waals surface area contributed by atoms with Crippen LogP contribution in [-0.2, 0) is 0 Å². The molecule has 1 atom stereocenters. The van der Waals surface area contributed by atoms with Crippen molar-refractivity contribution < 1.29 is 0 Å². The predicted octanol–water partition coefficient (Wildman–Crippen LogP) is 15.1. The third-order valence-corrected chi connectivity index (χ3v) is 9.34. The summed E-state index contributed by atoms with van der Waals surface area (Å²) in [5.41, 5.74) is 0. The summed E-state index contributed by atoms with van der Waals surface area (Å²) in [6.45, 7) is 5.81. The van der Waals surface area contributed by atoms with Crippen LogP contribution in [0.15, 0.2) is 48.6 Å². The first-order chi connectivity index (χ1) is 22.2. The summed E-state index contributed by atoms with van der Waals surface area (Å²) in [5.74, 6) is 0.987. The number of hydrogen-bond donors (Lipinski definition) is 0. The van der Waals surface area contributed by atoms with E-state index >= 15 is 0 Å². The second-order valence-electron chi connectivity index (χ2n) is 14.3. The van der Waals surface area contributed by atoms with Crippen molar-refractivity contribution in [1.82, 2.24) is 4.90 Å². The van der Waals surface area contributed by atoms with Gasteiger partial charge in [0.25, 0.3) is 0 Å². The molecule has 264 valence electrons. The lowest BCUT2D eigenvalue weighted by Crippen LogP contribution is -2.12. The van der Waals surface area contributed by atoms with Crippen LogP contribution in [0.5, 0.6) is 0 Å². The van der Waals surface area contributed by atoms with Crippen molar-refractivity contribution >= 4 is 0 Å². The Labute approximate surface area is 285 Å². The van der Waals surface area contributed by atoms with Crippen LogP contribution >= 0.6 is 0 Å². The van der Waals surface area contributed by atoms with Crippen molar-refractivity contribution in [3.63, 3.8) is 0 Å². The van der Waals surface area contributed by atoms with Gasteiger partial charge in [0.15, 0.2) is 0 Å². The largest absolute Gasteiger partial charge is 0.309 e. The number of rotatable bonds is 36. The minimum Gasteiger partial charge on any atom is -0.309 e. The highest BCUT2D eigenvalue weighted by molar-refractivity contribution is 4.93. The highest BCUT2D eigenvalue weighted by atomic mass is 15.0. The molecule has 0 aromatic carbocycles. The van der Waals surface area contributed by atoms with Crippen LogP contribution in [-0.4, -0.2) is 25.5 Å². The zero-order valence-corrected chi connectivity index (χ0v) is 31.6. The van der Waals surface area contributed by atoms with E-state index in [9.17, 15) is 0 Å². The minimum absolute atomic E-state index is 0.987. The average Bonchev–Trinajstić information content (AvgIpc) is 3.03. The average molecular weight is 626 g/mol.